The molecule has 0 aromatic heterocycles. The Morgan fingerprint density at radius 3 is 2.28 bits per heavy atom. The van der Waals surface area contributed by atoms with E-state index < -0.39 is 0 Å². The molecule has 1 N–H and O–H groups in total. The van der Waals surface area contributed by atoms with Gasteiger partial charge in [-0.3, -0.25) is 0 Å². The second-order valence-electron chi connectivity index (χ2n) is 4.47. The highest BCUT2D eigenvalue weighted by molar-refractivity contribution is 4.80. The average molecular weight is 258 g/mol. The van der Waals surface area contributed by atoms with Crippen LogP contribution in [0.3, 0.4) is 0 Å². The van der Waals surface area contributed by atoms with E-state index in [9.17, 15) is 0 Å². The Kier molecular flexibility index (Phi) is 16.3. The summed E-state index contributed by atoms with van der Waals surface area (Å²) in [5, 5.41) is 8.55. The van der Waals surface area contributed by atoms with Gasteiger partial charge in [0.2, 0.25) is 0 Å². The number of unbranched alkanes of at least 4 members (excludes halogenated alkanes) is 5. The van der Waals surface area contributed by atoms with Crippen molar-refractivity contribution in [2.24, 2.45) is 0 Å². The number of hydrogen-bond acceptors (Lipinski definition) is 3. The van der Waals surface area contributed by atoms with E-state index >= 15 is 0 Å². The Bertz CT molecular complexity index is 169. The normalized spacial score (nSPS) is 11.4. The SMILES string of the molecule is CCCCCCCCOCOCC/C=C\CCO. The predicted octanol–water partition coefficient (Wildman–Crippen LogP) is 3.67. The maximum atomic E-state index is 8.55. The van der Waals surface area contributed by atoms with Gasteiger partial charge < -0.3 is 14.6 Å². The van der Waals surface area contributed by atoms with Gasteiger partial charge in [-0.25, -0.2) is 0 Å². The third kappa shape index (κ3) is 15.6. The van der Waals surface area contributed by atoms with E-state index in [1.165, 1.54) is 32.1 Å². The van der Waals surface area contributed by atoms with Crippen molar-refractivity contribution in [3.63, 3.8) is 0 Å². The summed E-state index contributed by atoms with van der Waals surface area (Å²) in [6, 6.07) is 0. The summed E-state index contributed by atoms with van der Waals surface area (Å²) in [5.74, 6) is 0. The predicted molar refractivity (Wildman–Crippen MR) is 75.6 cm³/mol. The summed E-state index contributed by atoms with van der Waals surface area (Å²) < 4.78 is 10.7. The van der Waals surface area contributed by atoms with Crippen molar-refractivity contribution < 1.29 is 14.6 Å². The molecule has 0 heterocycles. The van der Waals surface area contributed by atoms with Gasteiger partial charge >= 0.3 is 0 Å². The van der Waals surface area contributed by atoms with Crippen LogP contribution in [0.5, 0.6) is 0 Å². The van der Waals surface area contributed by atoms with Gasteiger partial charge in [-0.15, -0.1) is 0 Å². The van der Waals surface area contributed by atoms with Gasteiger partial charge in [-0.05, 0) is 19.3 Å². The van der Waals surface area contributed by atoms with Crippen LogP contribution in [0.15, 0.2) is 12.2 Å². The van der Waals surface area contributed by atoms with Crippen molar-refractivity contribution in [1.82, 2.24) is 0 Å². The van der Waals surface area contributed by atoms with Gasteiger partial charge in [0.15, 0.2) is 0 Å². The maximum Gasteiger partial charge on any atom is 0.146 e. The van der Waals surface area contributed by atoms with Crippen molar-refractivity contribution in [1.29, 1.82) is 0 Å². The zero-order chi connectivity index (χ0) is 13.3. The molecular weight excluding hydrogens is 228 g/mol. The Morgan fingerprint density at radius 2 is 1.50 bits per heavy atom. The largest absolute Gasteiger partial charge is 0.396 e. The van der Waals surface area contributed by atoms with E-state index in [4.69, 9.17) is 14.6 Å². The highest BCUT2D eigenvalue weighted by Crippen LogP contribution is 2.04. The maximum absolute atomic E-state index is 8.55. The third-order valence-electron chi connectivity index (χ3n) is 2.70. The summed E-state index contributed by atoms with van der Waals surface area (Å²) in [4.78, 5) is 0. The summed E-state index contributed by atoms with van der Waals surface area (Å²) in [6.45, 7) is 4.37. The van der Waals surface area contributed by atoms with E-state index in [2.05, 4.69) is 6.92 Å². The molecule has 18 heavy (non-hydrogen) atoms. The number of aliphatic hydroxyl groups excluding tert-OH is 1. The Balaban J connectivity index is 2.94. The third-order valence-corrected chi connectivity index (χ3v) is 2.70. The second-order valence-corrected chi connectivity index (χ2v) is 4.47. The molecule has 0 rings (SSSR count). The first-order chi connectivity index (χ1) is 8.91. The van der Waals surface area contributed by atoms with E-state index in [0.717, 1.165) is 25.9 Å². The number of hydrogen-bond donors (Lipinski definition) is 1. The minimum Gasteiger partial charge on any atom is -0.396 e. The molecule has 0 aromatic carbocycles. The van der Waals surface area contributed by atoms with Crippen molar-refractivity contribution in [2.45, 2.75) is 58.3 Å². The summed E-state index contributed by atoms with van der Waals surface area (Å²) >= 11 is 0. The van der Waals surface area contributed by atoms with Crippen molar-refractivity contribution in [3.8, 4) is 0 Å². The smallest absolute Gasteiger partial charge is 0.146 e. The molecular formula is C15H30O3. The van der Waals surface area contributed by atoms with E-state index in [1.54, 1.807) is 0 Å². The molecule has 0 aromatic rings. The molecule has 0 atom stereocenters. The van der Waals surface area contributed by atoms with Crippen LogP contribution < -0.4 is 0 Å². The monoisotopic (exact) mass is 258 g/mol. The fourth-order valence-electron chi connectivity index (χ4n) is 1.62. The standard InChI is InChI=1S/C15H30O3/c1-2-3-4-5-7-10-13-17-15-18-14-11-8-6-9-12-16/h6,8,16H,2-5,7,9-15H2,1H3/b8-6-. The van der Waals surface area contributed by atoms with Crippen LogP contribution in [0, 0.1) is 0 Å². The molecule has 0 spiro atoms. The highest BCUT2D eigenvalue weighted by atomic mass is 16.7. The lowest BCUT2D eigenvalue weighted by Crippen LogP contribution is -2.02. The van der Waals surface area contributed by atoms with Crippen LogP contribution in [-0.4, -0.2) is 31.7 Å². The van der Waals surface area contributed by atoms with Gasteiger partial charge in [0.25, 0.3) is 0 Å². The Morgan fingerprint density at radius 1 is 0.833 bits per heavy atom. The minimum absolute atomic E-state index is 0.221. The molecule has 108 valence electrons. The van der Waals surface area contributed by atoms with Crippen LogP contribution in [-0.2, 0) is 9.47 Å². The Hall–Kier alpha value is -0.380. The first kappa shape index (κ1) is 17.6. The molecule has 0 radical (unpaired) electrons. The van der Waals surface area contributed by atoms with Crippen LogP contribution in [0.1, 0.15) is 58.3 Å². The molecule has 0 bridgehead atoms. The van der Waals surface area contributed by atoms with Crippen molar-refractivity contribution in [2.75, 3.05) is 26.6 Å². The molecule has 3 heteroatoms. The molecule has 0 aliphatic rings. The molecule has 0 fully saturated rings. The summed E-state index contributed by atoms with van der Waals surface area (Å²) in [6.07, 6.45) is 13.4. The lowest BCUT2D eigenvalue weighted by atomic mass is 10.1. The van der Waals surface area contributed by atoms with Crippen LogP contribution in [0.2, 0.25) is 0 Å². The molecule has 0 aliphatic heterocycles. The average Bonchev–Trinajstić information content (AvgIpc) is 2.39. The molecule has 0 amide bonds. The first-order valence-electron chi connectivity index (χ1n) is 7.33. The molecule has 0 saturated heterocycles. The zero-order valence-electron chi connectivity index (χ0n) is 11.9. The lowest BCUT2D eigenvalue weighted by molar-refractivity contribution is -0.0531. The number of ether oxygens (including phenoxy) is 2. The topological polar surface area (TPSA) is 38.7 Å². The van der Waals surface area contributed by atoms with Gasteiger partial charge in [-0.1, -0.05) is 51.2 Å². The van der Waals surface area contributed by atoms with E-state index in [-0.39, 0.29) is 6.61 Å². The quantitative estimate of drug-likeness (QED) is 0.293. The van der Waals surface area contributed by atoms with Crippen LogP contribution in [0.4, 0.5) is 0 Å². The highest BCUT2D eigenvalue weighted by Gasteiger charge is 1.91. The second kappa shape index (κ2) is 16.6. The molecule has 0 unspecified atom stereocenters. The van der Waals surface area contributed by atoms with Gasteiger partial charge in [0, 0.05) is 13.2 Å². The van der Waals surface area contributed by atoms with Gasteiger partial charge in [0.05, 0.1) is 6.61 Å². The summed E-state index contributed by atoms with van der Waals surface area (Å²) in [7, 11) is 0. The molecule has 3 nitrogen and oxygen atoms in total. The van der Waals surface area contributed by atoms with Crippen LogP contribution in [0.25, 0.3) is 0 Å². The summed E-state index contributed by atoms with van der Waals surface area (Å²) in [5.41, 5.74) is 0. The minimum atomic E-state index is 0.221. The number of rotatable bonds is 14. The first-order valence-corrected chi connectivity index (χ1v) is 7.33. The van der Waals surface area contributed by atoms with Crippen molar-refractivity contribution in [3.05, 3.63) is 12.2 Å². The fraction of sp³-hybridized carbons (Fsp3) is 0.867. The lowest BCUT2D eigenvalue weighted by Gasteiger charge is -2.04. The fourth-order valence-corrected chi connectivity index (χ4v) is 1.62. The van der Waals surface area contributed by atoms with Crippen molar-refractivity contribution >= 4 is 0 Å². The van der Waals surface area contributed by atoms with Gasteiger partial charge in [0.1, 0.15) is 6.79 Å². The van der Waals surface area contributed by atoms with Gasteiger partial charge in [-0.2, -0.15) is 0 Å². The molecule has 0 aliphatic carbocycles. The Labute approximate surface area is 112 Å². The van der Waals surface area contributed by atoms with Crippen LogP contribution >= 0.6 is 0 Å². The zero-order valence-corrected chi connectivity index (χ0v) is 11.9. The van der Waals surface area contributed by atoms with E-state index in [0.29, 0.717) is 13.4 Å². The van der Waals surface area contributed by atoms with E-state index in [1.807, 2.05) is 12.2 Å². The molecule has 0 saturated carbocycles. The number of aliphatic hydroxyl groups is 1.